The van der Waals surface area contributed by atoms with Crippen molar-refractivity contribution in [3.8, 4) is 0 Å². The maximum atomic E-state index is 13.6. The number of carbonyl (C=O) groups is 1. The molecule has 0 bridgehead atoms. The first kappa shape index (κ1) is 15.3. The van der Waals surface area contributed by atoms with E-state index in [2.05, 4.69) is 5.32 Å². The number of para-hydroxylation sites is 1. The molecule has 4 nitrogen and oxygen atoms in total. The quantitative estimate of drug-likeness (QED) is 0.922. The number of amides is 2. The van der Waals surface area contributed by atoms with E-state index in [0.29, 0.717) is 26.2 Å². The molecule has 1 fully saturated rings. The van der Waals surface area contributed by atoms with Gasteiger partial charge in [0.15, 0.2) is 0 Å². The van der Waals surface area contributed by atoms with Crippen molar-refractivity contribution in [2.24, 2.45) is 0 Å². The van der Waals surface area contributed by atoms with Crippen LogP contribution in [0.25, 0.3) is 0 Å². The summed E-state index contributed by atoms with van der Waals surface area (Å²) in [7, 11) is 0. The third-order valence-corrected chi connectivity index (χ3v) is 3.86. The molecule has 0 aromatic heterocycles. The summed E-state index contributed by atoms with van der Waals surface area (Å²) in [6.45, 7) is 2.20. The second kappa shape index (κ2) is 6.64. The molecule has 1 N–H and O–H groups in total. The lowest BCUT2D eigenvalue weighted by molar-refractivity contribution is 0.208. The van der Waals surface area contributed by atoms with Gasteiger partial charge in [0.05, 0.1) is 5.69 Å². The van der Waals surface area contributed by atoms with E-state index in [1.807, 2.05) is 11.0 Å². The van der Waals surface area contributed by atoms with E-state index in [1.165, 1.54) is 24.3 Å². The van der Waals surface area contributed by atoms with E-state index in [9.17, 15) is 13.6 Å². The Kier molecular flexibility index (Phi) is 4.41. The van der Waals surface area contributed by atoms with Crippen LogP contribution in [0, 0.1) is 11.6 Å². The molecule has 3 rings (SSSR count). The standard InChI is InChI=1S/C17H17F2N3O/c18-13-4-3-5-14(12-13)21-8-10-22(11-9-21)17(23)20-16-7-2-1-6-15(16)19/h1-7,12H,8-11H2,(H,20,23). The lowest BCUT2D eigenvalue weighted by Gasteiger charge is -2.36. The zero-order chi connectivity index (χ0) is 16.2. The summed E-state index contributed by atoms with van der Waals surface area (Å²) >= 11 is 0. The summed E-state index contributed by atoms with van der Waals surface area (Å²) in [5.41, 5.74) is 0.976. The van der Waals surface area contributed by atoms with Gasteiger partial charge in [0.25, 0.3) is 0 Å². The summed E-state index contributed by atoms with van der Waals surface area (Å²) < 4.78 is 26.8. The molecular weight excluding hydrogens is 300 g/mol. The van der Waals surface area contributed by atoms with E-state index in [4.69, 9.17) is 0 Å². The van der Waals surface area contributed by atoms with E-state index in [1.54, 1.807) is 23.1 Å². The maximum Gasteiger partial charge on any atom is 0.322 e. The fourth-order valence-electron chi connectivity index (χ4n) is 2.60. The van der Waals surface area contributed by atoms with Gasteiger partial charge in [-0.2, -0.15) is 0 Å². The molecule has 1 aliphatic rings. The van der Waals surface area contributed by atoms with Crippen LogP contribution in [0.1, 0.15) is 0 Å². The highest BCUT2D eigenvalue weighted by molar-refractivity contribution is 5.89. The Morgan fingerprint density at radius 3 is 2.39 bits per heavy atom. The number of urea groups is 1. The van der Waals surface area contributed by atoms with Crippen molar-refractivity contribution >= 4 is 17.4 Å². The van der Waals surface area contributed by atoms with Crippen molar-refractivity contribution in [3.05, 3.63) is 60.2 Å². The number of nitrogens with one attached hydrogen (secondary N) is 1. The molecule has 0 spiro atoms. The Morgan fingerprint density at radius 2 is 1.70 bits per heavy atom. The molecule has 0 radical (unpaired) electrons. The SMILES string of the molecule is O=C(Nc1ccccc1F)N1CCN(c2cccc(F)c2)CC1. The van der Waals surface area contributed by atoms with Gasteiger partial charge in [0, 0.05) is 31.9 Å². The number of hydrogen-bond acceptors (Lipinski definition) is 2. The molecule has 1 aliphatic heterocycles. The molecule has 1 saturated heterocycles. The summed E-state index contributed by atoms with van der Waals surface area (Å²) in [4.78, 5) is 15.8. The number of rotatable bonds is 2. The van der Waals surface area contributed by atoms with Crippen LogP contribution in [-0.2, 0) is 0 Å². The van der Waals surface area contributed by atoms with Crippen LogP contribution in [0.4, 0.5) is 25.0 Å². The van der Waals surface area contributed by atoms with Crippen molar-refractivity contribution in [2.75, 3.05) is 36.4 Å². The smallest absolute Gasteiger partial charge is 0.322 e. The Bertz CT molecular complexity index is 700. The Morgan fingerprint density at radius 1 is 0.957 bits per heavy atom. The Hall–Kier alpha value is -2.63. The predicted octanol–water partition coefficient (Wildman–Crippen LogP) is 3.32. The average Bonchev–Trinajstić information content (AvgIpc) is 2.57. The number of anilines is 2. The Balaban J connectivity index is 1.58. The van der Waals surface area contributed by atoms with Crippen LogP contribution in [-0.4, -0.2) is 37.1 Å². The minimum Gasteiger partial charge on any atom is -0.368 e. The zero-order valence-corrected chi connectivity index (χ0v) is 12.5. The first-order valence-electron chi connectivity index (χ1n) is 7.44. The highest BCUT2D eigenvalue weighted by Gasteiger charge is 2.22. The predicted molar refractivity (Wildman–Crippen MR) is 85.6 cm³/mol. The molecule has 120 valence electrons. The largest absolute Gasteiger partial charge is 0.368 e. The van der Waals surface area contributed by atoms with Crippen LogP contribution in [0.2, 0.25) is 0 Å². The number of hydrogen-bond donors (Lipinski definition) is 1. The number of halogens is 2. The van der Waals surface area contributed by atoms with Crippen LogP contribution < -0.4 is 10.2 Å². The summed E-state index contributed by atoms with van der Waals surface area (Å²) in [6.07, 6.45) is 0. The molecule has 0 unspecified atom stereocenters. The van der Waals surface area contributed by atoms with Crippen LogP contribution in [0.5, 0.6) is 0 Å². The second-order valence-electron chi connectivity index (χ2n) is 5.36. The van der Waals surface area contributed by atoms with Gasteiger partial charge in [-0.3, -0.25) is 0 Å². The van der Waals surface area contributed by atoms with Gasteiger partial charge >= 0.3 is 6.03 Å². The van der Waals surface area contributed by atoms with E-state index >= 15 is 0 Å². The minimum absolute atomic E-state index is 0.171. The van der Waals surface area contributed by atoms with Crippen molar-refractivity contribution in [3.63, 3.8) is 0 Å². The number of nitrogens with zero attached hydrogens (tertiary/aromatic N) is 2. The zero-order valence-electron chi connectivity index (χ0n) is 12.5. The highest BCUT2D eigenvalue weighted by atomic mass is 19.1. The maximum absolute atomic E-state index is 13.6. The number of piperazine rings is 1. The fourth-order valence-corrected chi connectivity index (χ4v) is 2.60. The first-order valence-corrected chi connectivity index (χ1v) is 7.44. The van der Waals surface area contributed by atoms with Gasteiger partial charge in [-0.05, 0) is 30.3 Å². The van der Waals surface area contributed by atoms with E-state index in [0.717, 1.165) is 5.69 Å². The summed E-state index contributed by atoms with van der Waals surface area (Å²) in [5, 5.41) is 2.58. The normalized spacial score (nSPS) is 14.7. The molecule has 6 heteroatoms. The van der Waals surface area contributed by atoms with Gasteiger partial charge in [0.1, 0.15) is 11.6 Å². The summed E-state index contributed by atoms with van der Waals surface area (Å²) in [5.74, 6) is -0.735. The molecule has 2 amide bonds. The van der Waals surface area contributed by atoms with Crippen LogP contribution in [0.3, 0.4) is 0 Å². The Labute approximate surface area is 133 Å². The lowest BCUT2D eigenvalue weighted by atomic mass is 10.2. The lowest BCUT2D eigenvalue weighted by Crippen LogP contribution is -2.50. The fraction of sp³-hybridized carbons (Fsp3) is 0.235. The van der Waals surface area contributed by atoms with E-state index in [-0.39, 0.29) is 17.5 Å². The molecule has 0 atom stereocenters. The molecule has 23 heavy (non-hydrogen) atoms. The van der Waals surface area contributed by atoms with Gasteiger partial charge in [-0.1, -0.05) is 18.2 Å². The third kappa shape index (κ3) is 3.59. The van der Waals surface area contributed by atoms with Crippen molar-refractivity contribution in [2.45, 2.75) is 0 Å². The van der Waals surface area contributed by atoms with Crippen molar-refractivity contribution in [1.29, 1.82) is 0 Å². The van der Waals surface area contributed by atoms with Crippen LogP contribution in [0.15, 0.2) is 48.5 Å². The van der Waals surface area contributed by atoms with Gasteiger partial charge in [0.2, 0.25) is 0 Å². The molecule has 2 aromatic rings. The van der Waals surface area contributed by atoms with Crippen molar-refractivity contribution in [1.82, 2.24) is 4.90 Å². The molecule has 1 heterocycles. The van der Waals surface area contributed by atoms with Gasteiger partial charge in [-0.25, -0.2) is 13.6 Å². The van der Waals surface area contributed by atoms with Crippen molar-refractivity contribution < 1.29 is 13.6 Å². The topological polar surface area (TPSA) is 35.6 Å². The minimum atomic E-state index is -0.459. The molecule has 0 aliphatic carbocycles. The molecule has 2 aromatic carbocycles. The summed E-state index contributed by atoms with van der Waals surface area (Å²) in [6, 6.07) is 12.1. The van der Waals surface area contributed by atoms with E-state index < -0.39 is 5.82 Å². The number of benzene rings is 2. The van der Waals surface area contributed by atoms with Crippen LogP contribution >= 0.6 is 0 Å². The second-order valence-corrected chi connectivity index (χ2v) is 5.36. The van der Waals surface area contributed by atoms with Gasteiger partial charge in [-0.15, -0.1) is 0 Å². The first-order chi connectivity index (χ1) is 11.1. The monoisotopic (exact) mass is 317 g/mol. The highest BCUT2D eigenvalue weighted by Crippen LogP contribution is 2.18. The average molecular weight is 317 g/mol. The number of carbonyl (C=O) groups excluding carboxylic acids is 1. The molecule has 0 saturated carbocycles. The third-order valence-electron chi connectivity index (χ3n) is 3.86. The van der Waals surface area contributed by atoms with Gasteiger partial charge < -0.3 is 15.1 Å². The molecular formula is C17H17F2N3O.